The molecule has 10 heteroatoms. The molecule has 0 atom stereocenters. The maximum Gasteiger partial charge on any atom is 0.211 e. The van der Waals surface area contributed by atoms with Crippen LogP contribution in [0.5, 0.6) is 5.75 Å². The van der Waals surface area contributed by atoms with Gasteiger partial charge in [-0.05, 0) is 29.9 Å². The highest BCUT2D eigenvalue weighted by molar-refractivity contribution is 6.43. The number of phenols is 1. The fourth-order valence-electron chi connectivity index (χ4n) is 6.21. The minimum Gasteiger partial charge on any atom is -0.871 e. The SMILES string of the molecule is COCC[N+](CCOC)=C1C=C(O)/C(=C2/C(=O)C(c3c(O)cc(N(CCCO)CCCO)c4ccccc34)=C2[O-])c2ccccc21. The summed E-state index contributed by atoms with van der Waals surface area (Å²) in [4.78, 5) is 15.9. The summed E-state index contributed by atoms with van der Waals surface area (Å²) in [6.45, 7) is 2.92. The van der Waals surface area contributed by atoms with Crippen molar-refractivity contribution in [1.29, 1.82) is 0 Å². The van der Waals surface area contributed by atoms with E-state index in [2.05, 4.69) is 0 Å². The number of carbonyl (C=O) groups excluding carboxylic acids is 1. The number of ketones is 1. The van der Waals surface area contributed by atoms with Crippen LogP contribution < -0.4 is 10.0 Å². The Bertz CT molecular complexity index is 1740. The van der Waals surface area contributed by atoms with Crippen molar-refractivity contribution < 1.29 is 44.4 Å². The standard InChI is InChI=1S/C36H40N2O8/c1-45-19-15-38(16-20-46-2)28-22-30(42)32(26-12-6-4-10-24(26)28)34-35(43)33(36(34)44)31-25-11-5-3-9-23(25)27(21-29(31)41)37(13-7-17-39)14-8-18-40/h3-6,9-12,21-22,39-40H,7-8,13-20H2,1-2H3,(H2,41,42,43,44). The first-order valence-corrected chi connectivity index (χ1v) is 15.4. The van der Waals surface area contributed by atoms with E-state index in [-0.39, 0.29) is 47.0 Å². The zero-order valence-electron chi connectivity index (χ0n) is 26.2. The molecule has 0 aromatic heterocycles. The van der Waals surface area contributed by atoms with Gasteiger partial charge in [-0.1, -0.05) is 48.2 Å². The lowest BCUT2D eigenvalue weighted by atomic mass is 9.75. The molecule has 0 fully saturated rings. The molecule has 0 radical (unpaired) electrons. The average Bonchev–Trinajstić information content (AvgIpc) is 3.07. The third kappa shape index (κ3) is 6.17. The molecule has 0 unspecified atom stereocenters. The van der Waals surface area contributed by atoms with Gasteiger partial charge in [0.1, 0.15) is 24.7 Å². The van der Waals surface area contributed by atoms with Gasteiger partial charge in [0.05, 0.1) is 11.6 Å². The van der Waals surface area contributed by atoms with E-state index >= 15 is 0 Å². The molecular formula is C36H40N2O8. The van der Waals surface area contributed by atoms with Gasteiger partial charge in [0.15, 0.2) is 18.9 Å². The number of rotatable bonds is 14. The Labute approximate surface area is 268 Å². The highest BCUT2D eigenvalue weighted by Crippen LogP contribution is 2.48. The number of carbonyl (C=O) groups is 1. The number of fused-ring (bicyclic) bond motifs is 2. The van der Waals surface area contributed by atoms with E-state index in [4.69, 9.17) is 9.47 Å². The molecule has 0 saturated heterocycles. The minimum atomic E-state index is -0.556. The topological polar surface area (TPSA) is 146 Å². The Kier molecular flexibility index (Phi) is 10.5. The molecule has 0 spiro atoms. The molecule has 0 bridgehead atoms. The number of aromatic hydroxyl groups is 1. The number of Topliss-reactive ketones (excluding diaryl/α,β-unsaturated/α-hetero) is 1. The number of anilines is 1. The molecule has 3 aromatic rings. The number of hydrogen-bond donors (Lipinski definition) is 4. The van der Waals surface area contributed by atoms with Crippen LogP contribution in [0.3, 0.4) is 0 Å². The molecule has 46 heavy (non-hydrogen) atoms. The van der Waals surface area contributed by atoms with Gasteiger partial charge in [-0.3, -0.25) is 4.79 Å². The molecular weight excluding hydrogens is 588 g/mol. The Balaban J connectivity index is 1.66. The summed E-state index contributed by atoms with van der Waals surface area (Å²) in [5.74, 6) is -1.53. The largest absolute Gasteiger partial charge is 0.871 e. The van der Waals surface area contributed by atoms with Gasteiger partial charge in [0, 0.05) is 79.9 Å². The number of nitrogens with zero attached hydrogens (tertiary/aromatic N) is 2. The maximum absolute atomic E-state index is 13.9. The molecule has 0 amide bonds. The van der Waals surface area contributed by atoms with Crippen molar-refractivity contribution in [2.45, 2.75) is 12.8 Å². The Morgan fingerprint density at radius 3 is 1.98 bits per heavy atom. The maximum atomic E-state index is 13.9. The van der Waals surface area contributed by atoms with Crippen LogP contribution in [0.15, 0.2) is 77.8 Å². The highest BCUT2D eigenvalue weighted by atomic mass is 16.5. The average molecular weight is 629 g/mol. The monoisotopic (exact) mass is 628 g/mol. The van der Waals surface area contributed by atoms with Crippen LogP contribution >= 0.6 is 0 Å². The van der Waals surface area contributed by atoms with Gasteiger partial charge >= 0.3 is 0 Å². The number of phenolic OH excluding ortho intramolecular Hbond substituents is 1. The number of hydrogen-bond acceptors (Lipinski definition) is 9. The summed E-state index contributed by atoms with van der Waals surface area (Å²) in [7, 11) is 3.23. The van der Waals surface area contributed by atoms with Crippen molar-refractivity contribution in [3.05, 3.63) is 94.5 Å². The first-order chi connectivity index (χ1) is 22.4. The number of benzene rings is 3. The molecule has 242 valence electrons. The molecule has 2 aliphatic rings. The summed E-state index contributed by atoms with van der Waals surface area (Å²) in [6, 6.07) is 16.1. The van der Waals surface area contributed by atoms with Crippen molar-refractivity contribution in [1.82, 2.24) is 0 Å². The molecule has 0 aliphatic heterocycles. The Morgan fingerprint density at radius 2 is 1.39 bits per heavy atom. The molecule has 2 aliphatic carbocycles. The fraction of sp³-hybridized carbons (Fsp3) is 0.333. The molecule has 0 saturated carbocycles. The van der Waals surface area contributed by atoms with Gasteiger partial charge < -0.3 is 39.9 Å². The summed E-state index contributed by atoms with van der Waals surface area (Å²) in [5, 5.41) is 56.8. The van der Waals surface area contributed by atoms with Gasteiger partial charge in [-0.25, -0.2) is 4.58 Å². The van der Waals surface area contributed by atoms with Crippen molar-refractivity contribution in [2.75, 3.05) is 71.7 Å². The van der Waals surface area contributed by atoms with Crippen LogP contribution in [-0.2, 0) is 14.3 Å². The number of ether oxygens (including phenoxy) is 2. The second kappa shape index (κ2) is 14.7. The Hall–Kier alpha value is -4.48. The predicted molar refractivity (Wildman–Crippen MR) is 175 cm³/mol. The van der Waals surface area contributed by atoms with Gasteiger partial charge in [-0.2, -0.15) is 0 Å². The number of aliphatic hydroxyl groups excluding tert-OH is 3. The lowest BCUT2D eigenvalue weighted by molar-refractivity contribution is -0.531. The highest BCUT2D eigenvalue weighted by Gasteiger charge is 2.38. The van der Waals surface area contributed by atoms with E-state index in [1.54, 1.807) is 44.6 Å². The van der Waals surface area contributed by atoms with E-state index in [9.17, 15) is 30.3 Å². The Morgan fingerprint density at radius 1 is 0.804 bits per heavy atom. The second-order valence-corrected chi connectivity index (χ2v) is 11.2. The zero-order chi connectivity index (χ0) is 32.8. The summed E-state index contributed by atoms with van der Waals surface area (Å²) in [6.07, 6.45) is 2.55. The molecule has 3 aromatic carbocycles. The minimum absolute atomic E-state index is 0.0159. The molecule has 4 N–H and O–H groups in total. The van der Waals surface area contributed by atoms with Gasteiger partial charge in [-0.15, -0.1) is 0 Å². The normalized spacial score (nSPS) is 16.0. The van der Waals surface area contributed by atoms with E-state index in [0.29, 0.717) is 68.9 Å². The lowest BCUT2D eigenvalue weighted by Gasteiger charge is -2.35. The van der Waals surface area contributed by atoms with Crippen LogP contribution in [0.1, 0.15) is 29.5 Å². The van der Waals surface area contributed by atoms with Crippen LogP contribution in [0, 0.1) is 0 Å². The van der Waals surface area contributed by atoms with E-state index < -0.39 is 11.5 Å². The smallest absolute Gasteiger partial charge is 0.211 e. The first-order valence-electron chi connectivity index (χ1n) is 15.4. The molecule has 10 nitrogen and oxygen atoms in total. The van der Waals surface area contributed by atoms with E-state index in [0.717, 1.165) is 16.7 Å². The lowest BCUT2D eigenvalue weighted by Crippen LogP contribution is -2.33. The van der Waals surface area contributed by atoms with Crippen LogP contribution in [-0.4, -0.2) is 103 Å². The van der Waals surface area contributed by atoms with E-state index in [1.165, 1.54) is 6.07 Å². The molecule has 0 heterocycles. The number of methoxy groups -OCH3 is 2. The zero-order valence-corrected chi connectivity index (χ0v) is 26.2. The summed E-state index contributed by atoms with van der Waals surface area (Å²) >= 11 is 0. The van der Waals surface area contributed by atoms with Crippen LogP contribution in [0.25, 0.3) is 21.9 Å². The van der Waals surface area contributed by atoms with Crippen LogP contribution in [0.4, 0.5) is 5.69 Å². The number of aliphatic hydroxyl groups is 3. The third-order valence-electron chi connectivity index (χ3n) is 8.40. The van der Waals surface area contributed by atoms with Crippen molar-refractivity contribution in [2.24, 2.45) is 0 Å². The van der Waals surface area contributed by atoms with Gasteiger partial charge in [0.2, 0.25) is 5.71 Å². The van der Waals surface area contributed by atoms with Crippen LogP contribution in [0.2, 0.25) is 0 Å². The quantitative estimate of drug-likeness (QED) is 0.156. The van der Waals surface area contributed by atoms with Crippen molar-refractivity contribution >= 4 is 39.1 Å². The van der Waals surface area contributed by atoms with Crippen molar-refractivity contribution in [3.8, 4) is 5.75 Å². The third-order valence-corrected chi connectivity index (χ3v) is 8.40. The van der Waals surface area contributed by atoms with Gasteiger partial charge in [0.25, 0.3) is 0 Å². The van der Waals surface area contributed by atoms with Crippen molar-refractivity contribution in [3.63, 3.8) is 0 Å². The first kappa shape index (κ1) is 32.9. The predicted octanol–water partition coefficient (Wildman–Crippen LogP) is 2.77. The summed E-state index contributed by atoms with van der Waals surface area (Å²) in [5.41, 5.74) is 2.75. The molecule has 5 rings (SSSR count). The summed E-state index contributed by atoms with van der Waals surface area (Å²) < 4.78 is 12.6. The van der Waals surface area contributed by atoms with E-state index in [1.807, 2.05) is 33.7 Å². The number of allylic oxidation sites excluding steroid dienone is 4. The fourth-order valence-corrected chi connectivity index (χ4v) is 6.21. The second-order valence-electron chi connectivity index (χ2n) is 11.2.